The first kappa shape index (κ1) is 17.0. The molecule has 7 nitrogen and oxygen atoms in total. The number of nitrogens with zero attached hydrogens (tertiary/aromatic N) is 3. The molecule has 2 heterocycles. The van der Waals surface area contributed by atoms with Crippen LogP contribution in [0.15, 0.2) is 24.3 Å². The highest BCUT2D eigenvalue weighted by atomic mass is 16.6. The van der Waals surface area contributed by atoms with Gasteiger partial charge in [0.15, 0.2) is 0 Å². The maximum Gasteiger partial charge on any atom is 0.303 e. The molecule has 2 unspecified atom stereocenters. The molecule has 4 rings (SSSR count). The number of fused-ring (bicyclic) bond motifs is 1. The molecule has 1 saturated carbocycles. The number of esters is 1. The molecule has 2 atom stereocenters. The quantitative estimate of drug-likeness (QED) is 0.839. The Morgan fingerprint density at radius 1 is 1.15 bits per heavy atom. The molecule has 1 aromatic heterocycles. The second-order valence-electron chi connectivity index (χ2n) is 6.82. The number of benzene rings is 1. The lowest BCUT2D eigenvalue weighted by atomic mass is 10.2. The topological polar surface area (TPSA) is 76.6 Å². The highest BCUT2D eigenvalue weighted by Gasteiger charge is 2.32. The predicted octanol–water partition coefficient (Wildman–Crippen LogP) is 1.90. The van der Waals surface area contributed by atoms with Crippen LogP contribution in [0.2, 0.25) is 0 Å². The van der Waals surface area contributed by atoms with E-state index >= 15 is 0 Å². The molecule has 2 fully saturated rings. The van der Waals surface area contributed by atoms with Gasteiger partial charge in [-0.2, -0.15) is 4.98 Å². The van der Waals surface area contributed by atoms with Crippen LogP contribution in [0.1, 0.15) is 26.2 Å². The minimum atomic E-state index is -0.264. The Hall–Kier alpha value is -2.41. The van der Waals surface area contributed by atoms with Crippen molar-refractivity contribution in [2.45, 2.75) is 38.4 Å². The molecule has 1 aromatic carbocycles. The Balaban J connectivity index is 1.65. The number of carbonyl (C=O) groups excluding carboxylic acids is 1. The van der Waals surface area contributed by atoms with Crippen LogP contribution in [-0.2, 0) is 9.53 Å². The van der Waals surface area contributed by atoms with Gasteiger partial charge in [-0.25, -0.2) is 4.98 Å². The van der Waals surface area contributed by atoms with Crippen molar-refractivity contribution < 1.29 is 14.3 Å². The van der Waals surface area contributed by atoms with Gasteiger partial charge in [-0.1, -0.05) is 12.1 Å². The van der Waals surface area contributed by atoms with E-state index < -0.39 is 0 Å². The van der Waals surface area contributed by atoms with E-state index in [4.69, 9.17) is 19.4 Å². The van der Waals surface area contributed by atoms with Crippen LogP contribution in [0.4, 0.5) is 5.95 Å². The van der Waals surface area contributed by atoms with Crippen LogP contribution in [0.25, 0.3) is 10.9 Å². The fraction of sp³-hybridized carbons (Fsp3) is 0.526. The van der Waals surface area contributed by atoms with E-state index in [0.29, 0.717) is 11.8 Å². The van der Waals surface area contributed by atoms with E-state index in [9.17, 15) is 4.79 Å². The van der Waals surface area contributed by atoms with Gasteiger partial charge in [0.05, 0.1) is 10.9 Å². The van der Waals surface area contributed by atoms with Gasteiger partial charge in [-0.05, 0) is 31.4 Å². The lowest BCUT2D eigenvalue weighted by Gasteiger charge is -2.28. The van der Waals surface area contributed by atoms with Gasteiger partial charge in [0, 0.05) is 33.1 Å². The smallest absolute Gasteiger partial charge is 0.303 e. The zero-order valence-electron chi connectivity index (χ0n) is 15.0. The Kier molecular flexibility index (Phi) is 4.88. The number of piperazine rings is 1. The van der Waals surface area contributed by atoms with E-state index in [0.717, 1.165) is 56.3 Å². The molecule has 0 bridgehead atoms. The van der Waals surface area contributed by atoms with E-state index in [1.807, 2.05) is 24.3 Å². The maximum absolute atomic E-state index is 11.4. The number of ether oxygens (including phenoxy) is 2. The van der Waals surface area contributed by atoms with Crippen molar-refractivity contribution in [3.05, 3.63) is 24.3 Å². The van der Waals surface area contributed by atoms with Gasteiger partial charge in [-0.15, -0.1) is 0 Å². The first-order valence-corrected chi connectivity index (χ1v) is 9.27. The normalized spacial score (nSPS) is 23.2. The molecule has 1 aliphatic heterocycles. The molecular formula is C19H24N4O3. The Bertz CT molecular complexity index is 791. The molecule has 2 aromatic rings. The maximum atomic E-state index is 11.4. The summed E-state index contributed by atoms with van der Waals surface area (Å²) in [6, 6.07) is 7.88. The lowest BCUT2D eigenvalue weighted by molar-refractivity contribution is -0.149. The summed E-state index contributed by atoms with van der Waals surface area (Å²) in [4.78, 5) is 23.0. The Morgan fingerprint density at radius 2 is 1.92 bits per heavy atom. The van der Waals surface area contributed by atoms with Crippen LogP contribution < -0.4 is 15.0 Å². The molecule has 1 N–H and O–H groups in total. The summed E-state index contributed by atoms with van der Waals surface area (Å²) in [5, 5.41) is 4.23. The first-order chi connectivity index (χ1) is 12.7. The van der Waals surface area contributed by atoms with Crippen LogP contribution >= 0.6 is 0 Å². The standard InChI is InChI=1S/C19H24N4O3/c1-13(24)25-16-7-4-8-17(16)26-18-14-5-2-3-6-15(14)21-19(22-18)23-11-9-20-10-12-23/h2-3,5-6,16-17,20H,4,7-12H2,1H3. The largest absolute Gasteiger partial charge is 0.470 e. The summed E-state index contributed by atoms with van der Waals surface area (Å²) < 4.78 is 11.7. The van der Waals surface area contributed by atoms with Crippen molar-refractivity contribution >= 4 is 22.8 Å². The van der Waals surface area contributed by atoms with Gasteiger partial charge in [0.2, 0.25) is 11.8 Å². The van der Waals surface area contributed by atoms with Gasteiger partial charge < -0.3 is 19.7 Å². The number of para-hydroxylation sites is 1. The van der Waals surface area contributed by atoms with Gasteiger partial charge in [-0.3, -0.25) is 4.79 Å². The third-order valence-corrected chi connectivity index (χ3v) is 4.93. The molecular weight excluding hydrogens is 332 g/mol. The van der Waals surface area contributed by atoms with E-state index in [1.54, 1.807) is 0 Å². The third kappa shape index (κ3) is 3.58. The molecule has 0 spiro atoms. The average Bonchev–Trinajstić information content (AvgIpc) is 3.08. The number of nitrogens with one attached hydrogen (secondary N) is 1. The van der Waals surface area contributed by atoms with Crippen molar-refractivity contribution in [2.75, 3.05) is 31.1 Å². The van der Waals surface area contributed by atoms with E-state index in [-0.39, 0.29) is 18.2 Å². The van der Waals surface area contributed by atoms with Crippen LogP contribution in [0.3, 0.4) is 0 Å². The summed E-state index contributed by atoms with van der Waals surface area (Å²) in [6.07, 6.45) is 2.31. The minimum Gasteiger partial charge on any atom is -0.470 e. The monoisotopic (exact) mass is 356 g/mol. The zero-order chi connectivity index (χ0) is 17.9. The van der Waals surface area contributed by atoms with Gasteiger partial charge in [0.25, 0.3) is 0 Å². The summed E-state index contributed by atoms with van der Waals surface area (Å²) in [6.45, 7) is 5.03. The summed E-state index contributed by atoms with van der Waals surface area (Å²) in [5.74, 6) is 1.01. The van der Waals surface area contributed by atoms with Crippen LogP contribution in [0.5, 0.6) is 5.88 Å². The molecule has 26 heavy (non-hydrogen) atoms. The summed E-state index contributed by atoms with van der Waals surface area (Å²) >= 11 is 0. The van der Waals surface area contributed by atoms with E-state index in [2.05, 4.69) is 10.2 Å². The number of carbonyl (C=O) groups is 1. The van der Waals surface area contributed by atoms with Crippen molar-refractivity contribution in [1.29, 1.82) is 0 Å². The molecule has 138 valence electrons. The average molecular weight is 356 g/mol. The zero-order valence-corrected chi connectivity index (χ0v) is 15.0. The SMILES string of the molecule is CC(=O)OC1CCCC1Oc1nc(N2CCNCC2)nc2ccccc12. The van der Waals surface area contributed by atoms with Crippen molar-refractivity contribution in [3.8, 4) is 5.88 Å². The van der Waals surface area contributed by atoms with Crippen LogP contribution in [0, 0.1) is 0 Å². The molecule has 1 saturated heterocycles. The van der Waals surface area contributed by atoms with Crippen LogP contribution in [-0.4, -0.2) is 54.3 Å². The number of anilines is 1. The Labute approximate surface area is 152 Å². The highest BCUT2D eigenvalue weighted by Crippen LogP contribution is 2.31. The minimum absolute atomic E-state index is 0.159. The second kappa shape index (κ2) is 7.45. The third-order valence-electron chi connectivity index (χ3n) is 4.93. The number of rotatable bonds is 4. The van der Waals surface area contributed by atoms with Crippen molar-refractivity contribution in [3.63, 3.8) is 0 Å². The Morgan fingerprint density at radius 3 is 2.73 bits per heavy atom. The van der Waals surface area contributed by atoms with Crippen molar-refractivity contribution in [1.82, 2.24) is 15.3 Å². The molecule has 1 aliphatic carbocycles. The van der Waals surface area contributed by atoms with Gasteiger partial charge in [0.1, 0.15) is 12.2 Å². The fourth-order valence-electron chi connectivity index (χ4n) is 3.65. The number of aromatic nitrogens is 2. The molecule has 0 amide bonds. The highest BCUT2D eigenvalue weighted by molar-refractivity contribution is 5.84. The van der Waals surface area contributed by atoms with E-state index in [1.165, 1.54) is 6.92 Å². The summed E-state index contributed by atoms with van der Waals surface area (Å²) in [5.41, 5.74) is 0.869. The lowest BCUT2D eigenvalue weighted by Crippen LogP contribution is -2.44. The number of hydrogen-bond acceptors (Lipinski definition) is 7. The van der Waals surface area contributed by atoms with Crippen molar-refractivity contribution in [2.24, 2.45) is 0 Å². The molecule has 7 heteroatoms. The fourth-order valence-corrected chi connectivity index (χ4v) is 3.65. The van der Waals surface area contributed by atoms with Gasteiger partial charge >= 0.3 is 5.97 Å². The molecule has 2 aliphatic rings. The second-order valence-corrected chi connectivity index (χ2v) is 6.82. The molecule has 0 radical (unpaired) electrons. The first-order valence-electron chi connectivity index (χ1n) is 9.27. The number of hydrogen-bond donors (Lipinski definition) is 1. The predicted molar refractivity (Wildman–Crippen MR) is 98.4 cm³/mol. The summed E-state index contributed by atoms with van der Waals surface area (Å²) in [7, 11) is 0.